The third-order valence-electron chi connectivity index (χ3n) is 6.83. The van der Waals surface area contributed by atoms with Gasteiger partial charge in [0.05, 0.1) is 12.7 Å². The molecule has 4 aromatic carbocycles. The highest BCUT2D eigenvalue weighted by molar-refractivity contribution is 6.10. The van der Waals surface area contributed by atoms with E-state index in [4.69, 9.17) is 14.9 Å². The fourth-order valence-electron chi connectivity index (χ4n) is 5.16. The van der Waals surface area contributed by atoms with Crippen LogP contribution >= 0.6 is 0 Å². The Balaban J connectivity index is 1.45. The molecule has 36 heavy (non-hydrogen) atoms. The number of rotatable bonds is 6. The van der Waals surface area contributed by atoms with E-state index >= 15 is 0 Å². The Morgan fingerprint density at radius 1 is 0.917 bits per heavy atom. The summed E-state index contributed by atoms with van der Waals surface area (Å²) in [5.41, 5.74) is 15.0. The maximum Gasteiger partial charge on any atom is 0.337 e. The number of hydrogen-bond donors (Lipinski definition) is 2. The van der Waals surface area contributed by atoms with Crippen LogP contribution in [0.3, 0.4) is 0 Å². The summed E-state index contributed by atoms with van der Waals surface area (Å²) in [7, 11) is 1.40. The number of H-pyrrole nitrogens is 1. The molecule has 3 N–H and O–H groups in total. The van der Waals surface area contributed by atoms with Crippen molar-refractivity contribution in [3.8, 4) is 11.1 Å². The molecular formula is C31H26N2O3. The van der Waals surface area contributed by atoms with Gasteiger partial charge in [-0.2, -0.15) is 0 Å². The van der Waals surface area contributed by atoms with E-state index in [2.05, 4.69) is 47.4 Å². The molecule has 0 unspecified atom stereocenters. The predicted molar refractivity (Wildman–Crippen MR) is 144 cm³/mol. The highest BCUT2D eigenvalue weighted by Crippen LogP contribution is 2.37. The van der Waals surface area contributed by atoms with Gasteiger partial charge in [-0.05, 0) is 60.0 Å². The molecule has 0 spiro atoms. The van der Waals surface area contributed by atoms with E-state index in [0.29, 0.717) is 18.5 Å². The van der Waals surface area contributed by atoms with Crippen molar-refractivity contribution in [1.29, 1.82) is 0 Å². The molecule has 2 heterocycles. The first-order valence-corrected chi connectivity index (χ1v) is 12.1. The predicted octanol–water partition coefficient (Wildman–Crippen LogP) is 6.61. The van der Waals surface area contributed by atoms with Gasteiger partial charge in [-0.25, -0.2) is 4.79 Å². The van der Waals surface area contributed by atoms with Crippen molar-refractivity contribution in [2.75, 3.05) is 13.7 Å². The molecular weight excluding hydrogens is 448 g/mol. The molecule has 6 aromatic rings. The number of para-hydroxylation sites is 2. The fraction of sp³-hybridized carbons (Fsp3) is 0.129. The first-order valence-electron chi connectivity index (χ1n) is 12.1. The van der Waals surface area contributed by atoms with Gasteiger partial charge in [-0.3, -0.25) is 0 Å². The van der Waals surface area contributed by atoms with Crippen molar-refractivity contribution in [2.24, 2.45) is 5.73 Å². The van der Waals surface area contributed by atoms with Gasteiger partial charge in [0.15, 0.2) is 0 Å². The quantitative estimate of drug-likeness (QED) is 0.266. The van der Waals surface area contributed by atoms with Crippen LogP contribution in [0.5, 0.6) is 0 Å². The Morgan fingerprint density at radius 3 is 2.61 bits per heavy atom. The van der Waals surface area contributed by atoms with Crippen molar-refractivity contribution in [2.45, 2.75) is 12.8 Å². The van der Waals surface area contributed by atoms with Gasteiger partial charge in [0.2, 0.25) is 0 Å². The summed E-state index contributed by atoms with van der Waals surface area (Å²) >= 11 is 0. The summed E-state index contributed by atoms with van der Waals surface area (Å²) in [4.78, 5) is 15.6. The molecule has 0 amide bonds. The van der Waals surface area contributed by atoms with Crippen molar-refractivity contribution >= 4 is 38.8 Å². The smallest absolute Gasteiger partial charge is 0.337 e. The second kappa shape index (κ2) is 9.02. The zero-order valence-corrected chi connectivity index (χ0v) is 20.0. The standard InChI is InChI=1S/C31H26N2O3/c1-35-31(34)21-7-4-6-19(16-21)17-28-23(14-15-32)26-18-20(12-13-27(26)33-28)22-9-5-10-25-24-8-2-3-11-29(24)36-30(22)25/h2-13,16,18,33H,14-15,17,32H2,1H3. The lowest BCUT2D eigenvalue weighted by atomic mass is 9.97. The number of nitrogens with one attached hydrogen (secondary N) is 1. The van der Waals surface area contributed by atoms with E-state index in [1.54, 1.807) is 6.07 Å². The summed E-state index contributed by atoms with van der Waals surface area (Å²) in [6.45, 7) is 0.547. The second-order valence-corrected chi connectivity index (χ2v) is 9.03. The highest BCUT2D eigenvalue weighted by Gasteiger charge is 2.16. The van der Waals surface area contributed by atoms with E-state index in [1.807, 2.05) is 36.4 Å². The molecule has 0 radical (unpaired) electrons. The highest BCUT2D eigenvalue weighted by atomic mass is 16.5. The van der Waals surface area contributed by atoms with Crippen molar-refractivity contribution < 1.29 is 13.9 Å². The number of benzene rings is 4. The maximum atomic E-state index is 12.0. The minimum Gasteiger partial charge on any atom is -0.465 e. The molecule has 0 saturated carbocycles. The van der Waals surface area contributed by atoms with E-state index in [1.165, 1.54) is 12.7 Å². The lowest BCUT2D eigenvalue weighted by Gasteiger charge is -2.07. The number of ether oxygens (including phenoxy) is 1. The van der Waals surface area contributed by atoms with Gasteiger partial charge in [-0.1, -0.05) is 54.6 Å². The zero-order valence-electron chi connectivity index (χ0n) is 20.0. The summed E-state index contributed by atoms with van der Waals surface area (Å²) < 4.78 is 11.2. The van der Waals surface area contributed by atoms with Crippen LogP contribution in [-0.2, 0) is 17.6 Å². The topological polar surface area (TPSA) is 81.2 Å². The zero-order chi connectivity index (χ0) is 24.6. The molecule has 0 saturated heterocycles. The molecule has 5 heteroatoms. The number of aromatic amines is 1. The average molecular weight is 475 g/mol. The largest absolute Gasteiger partial charge is 0.465 e. The van der Waals surface area contributed by atoms with Crippen LogP contribution in [0, 0.1) is 0 Å². The number of carbonyl (C=O) groups excluding carboxylic acids is 1. The summed E-state index contributed by atoms with van der Waals surface area (Å²) in [5.74, 6) is -0.333. The summed E-state index contributed by atoms with van der Waals surface area (Å²) in [6, 6.07) is 28.5. The Kier molecular flexibility index (Phi) is 5.55. The van der Waals surface area contributed by atoms with Crippen molar-refractivity contribution in [1.82, 2.24) is 4.98 Å². The van der Waals surface area contributed by atoms with E-state index in [0.717, 1.165) is 61.6 Å². The number of methoxy groups -OCH3 is 1. The van der Waals surface area contributed by atoms with E-state index < -0.39 is 0 Å². The maximum absolute atomic E-state index is 12.0. The van der Waals surface area contributed by atoms with Gasteiger partial charge in [0.1, 0.15) is 11.2 Å². The molecule has 0 bridgehead atoms. The SMILES string of the molecule is COC(=O)c1cccc(Cc2[nH]c3ccc(-c4cccc5c4oc4ccccc45)cc3c2CCN)c1. The van der Waals surface area contributed by atoms with Crippen molar-refractivity contribution in [3.05, 3.63) is 107 Å². The Morgan fingerprint density at radius 2 is 1.75 bits per heavy atom. The Hall–Kier alpha value is -4.35. The minimum absolute atomic E-state index is 0.333. The van der Waals surface area contributed by atoms with Gasteiger partial charge < -0.3 is 19.9 Å². The number of fused-ring (bicyclic) bond motifs is 4. The van der Waals surface area contributed by atoms with Crippen LogP contribution in [-0.4, -0.2) is 24.6 Å². The molecule has 0 aliphatic heterocycles. The molecule has 0 atom stereocenters. The first kappa shape index (κ1) is 22.1. The van der Waals surface area contributed by atoms with Gasteiger partial charge >= 0.3 is 5.97 Å². The molecule has 6 rings (SSSR count). The Labute approximate surface area is 208 Å². The van der Waals surface area contributed by atoms with E-state index in [9.17, 15) is 4.79 Å². The Bertz CT molecular complexity index is 1740. The van der Waals surface area contributed by atoms with Gasteiger partial charge in [-0.15, -0.1) is 0 Å². The number of esters is 1. The first-order chi connectivity index (χ1) is 17.7. The average Bonchev–Trinajstić information content (AvgIpc) is 3.46. The number of hydrogen-bond acceptors (Lipinski definition) is 4. The van der Waals surface area contributed by atoms with Crippen molar-refractivity contribution in [3.63, 3.8) is 0 Å². The van der Waals surface area contributed by atoms with E-state index in [-0.39, 0.29) is 5.97 Å². The lowest BCUT2D eigenvalue weighted by Crippen LogP contribution is -2.05. The monoisotopic (exact) mass is 474 g/mol. The number of nitrogens with two attached hydrogens (primary N) is 1. The second-order valence-electron chi connectivity index (χ2n) is 9.03. The normalized spacial score (nSPS) is 11.5. The number of furan rings is 1. The number of aromatic nitrogens is 1. The van der Waals surface area contributed by atoms with Gasteiger partial charge in [0.25, 0.3) is 0 Å². The van der Waals surface area contributed by atoms with Crippen LogP contribution in [0.25, 0.3) is 44.0 Å². The van der Waals surface area contributed by atoms with Crippen LogP contribution < -0.4 is 5.73 Å². The number of carbonyl (C=O) groups is 1. The minimum atomic E-state index is -0.333. The molecule has 0 fully saturated rings. The molecule has 2 aromatic heterocycles. The molecule has 0 aliphatic rings. The molecule has 0 aliphatic carbocycles. The third kappa shape index (κ3) is 3.74. The van der Waals surface area contributed by atoms with Gasteiger partial charge in [0, 0.05) is 39.4 Å². The summed E-state index contributed by atoms with van der Waals surface area (Å²) in [6.07, 6.45) is 1.42. The van der Waals surface area contributed by atoms with Crippen LogP contribution in [0.4, 0.5) is 0 Å². The fourth-order valence-corrected chi connectivity index (χ4v) is 5.16. The van der Waals surface area contributed by atoms with Crippen LogP contribution in [0.1, 0.15) is 27.2 Å². The lowest BCUT2D eigenvalue weighted by molar-refractivity contribution is 0.0600. The summed E-state index contributed by atoms with van der Waals surface area (Å²) in [5, 5.41) is 3.40. The van der Waals surface area contributed by atoms with Crippen LogP contribution in [0.15, 0.2) is 89.3 Å². The molecule has 178 valence electrons. The van der Waals surface area contributed by atoms with Crippen LogP contribution in [0.2, 0.25) is 0 Å². The third-order valence-corrected chi connectivity index (χ3v) is 6.83. The molecule has 5 nitrogen and oxygen atoms in total.